The van der Waals surface area contributed by atoms with Crippen LogP contribution in [0.25, 0.3) is 0 Å². The molecule has 1 saturated heterocycles. The van der Waals surface area contributed by atoms with Gasteiger partial charge in [-0.1, -0.05) is 6.07 Å². The molecular weight excluding hydrogens is 384 g/mol. The van der Waals surface area contributed by atoms with E-state index in [1.165, 1.54) is 6.92 Å². The molecule has 0 aliphatic carbocycles. The van der Waals surface area contributed by atoms with Crippen LogP contribution in [0.1, 0.15) is 43.2 Å². The first kappa shape index (κ1) is 21.4. The number of piperidine rings is 1. The summed E-state index contributed by atoms with van der Waals surface area (Å²) in [6.07, 6.45) is 9.22. The van der Waals surface area contributed by atoms with Crippen LogP contribution in [-0.2, 0) is 25.6 Å². The fourth-order valence-electron chi connectivity index (χ4n) is 3.36. The molecule has 8 nitrogen and oxygen atoms in total. The standard InChI is InChI=1S/C22H26N4O4/c1-17(27)25(14-9-18-7-11-23-12-8-18)16-20(19-5-4-10-24-15-19)22(29)30-26-13-3-2-6-21(26)28/h4-5,7-8,10-12,15,20H,2-3,6,9,13-14,16H2,1H3/t20-/m1/s1. The van der Waals surface area contributed by atoms with Crippen molar-refractivity contribution in [2.24, 2.45) is 0 Å². The first-order chi connectivity index (χ1) is 14.5. The van der Waals surface area contributed by atoms with Gasteiger partial charge in [-0.25, -0.2) is 4.79 Å². The first-order valence-corrected chi connectivity index (χ1v) is 10.1. The van der Waals surface area contributed by atoms with Gasteiger partial charge in [0.05, 0.1) is 6.54 Å². The van der Waals surface area contributed by atoms with Gasteiger partial charge in [-0.2, -0.15) is 5.06 Å². The zero-order valence-corrected chi connectivity index (χ0v) is 17.1. The van der Waals surface area contributed by atoms with Gasteiger partial charge in [0.2, 0.25) is 5.91 Å². The Labute approximate surface area is 175 Å². The summed E-state index contributed by atoms with van der Waals surface area (Å²) in [5.41, 5.74) is 1.69. The SMILES string of the molecule is CC(=O)N(CCc1ccncc1)C[C@@H](C(=O)ON1CCCCC1=O)c1cccnc1. The summed E-state index contributed by atoms with van der Waals surface area (Å²) in [4.78, 5) is 52.5. The molecule has 0 bridgehead atoms. The molecule has 8 heteroatoms. The maximum Gasteiger partial charge on any atom is 0.341 e. The predicted molar refractivity (Wildman–Crippen MR) is 109 cm³/mol. The van der Waals surface area contributed by atoms with Gasteiger partial charge in [0, 0.05) is 51.2 Å². The number of hydrogen-bond acceptors (Lipinski definition) is 6. The van der Waals surface area contributed by atoms with E-state index in [0.717, 1.165) is 23.5 Å². The molecule has 2 amide bonds. The Balaban J connectivity index is 1.74. The summed E-state index contributed by atoms with van der Waals surface area (Å²) in [6.45, 7) is 2.47. The molecule has 1 atom stereocenters. The van der Waals surface area contributed by atoms with Gasteiger partial charge in [-0.15, -0.1) is 0 Å². The Morgan fingerprint density at radius 3 is 2.63 bits per heavy atom. The number of pyridine rings is 2. The van der Waals surface area contributed by atoms with Crippen molar-refractivity contribution < 1.29 is 19.2 Å². The number of nitrogens with zero attached hydrogens (tertiary/aromatic N) is 4. The molecule has 0 spiro atoms. The van der Waals surface area contributed by atoms with E-state index in [1.807, 2.05) is 12.1 Å². The molecule has 0 radical (unpaired) electrons. The van der Waals surface area contributed by atoms with Crippen molar-refractivity contribution in [3.05, 3.63) is 60.2 Å². The second-order valence-corrected chi connectivity index (χ2v) is 7.27. The van der Waals surface area contributed by atoms with Gasteiger partial charge in [0.15, 0.2) is 0 Å². The third-order valence-corrected chi connectivity index (χ3v) is 5.12. The van der Waals surface area contributed by atoms with E-state index in [2.05, 4.69) is 9.97 Å². The number of rotatable bonds is 8. The first-order valence-electron chi connectivity index (χ1n) is 10.1. The lowest BCUT2D eigenvalue weighted by molar-refractivity contribution is -0.203. The van der Waals surface area contributed by atoms with E-state index in [9.17, 15) is 14.4 Å². The third-order valence-electron chi connectivity index (χ3n) is 5.12. The third kappa shape index (κ3) is 5.85. The van der Waals surface area contributed by atoms with Crippen LogP contribution >= 0.6 is 0 Å². The highest BCUT2D eigenvalue weighted by molar-refractivity contribution is 5.83. The zero-order chi connectivity index (χ0) is 21.3. The summed E-state index contributed by atoms with van der Waals surface area (Å²) in [5, 5.41) is 1.14. The van der Waals surface area contributed by atoms with Crippen molar-refractivity contribution in [3.63, 3.8) is 0 Å². The number of hydroxylamine groups is 2. The van der Waals surface area contributed by atoms with E-state index in [4.69, 9.17) is 4.84 Å². The number of carbonyl (C=O) groups is 3. The Morgan fingerprint density at radius 1 is 1.17 bits per heavy atom. The number of amides is 2. The molecule has 1 aliphatic rings. The largest absolute Gasteiger partial charge is 0.341 e. The van der Waals surface area contributed by atoms with Crippen molar-refractivity contribution in [1.82, 2.24) is 19.9 Å². The molecule has 0 unspecified atom stereocenters. The van der Waals surface area contributed by atoms with Gasteiger partial charge < -0.3 is 9.74 Å². The fraction of sp³-hybridized carbons (Fsp3) is 0.409. The Hall–Kier alpha value is -3.29. The minimum Gasteiger partial charge on any atom is -0.341 e. The van der Waals surface area contributed by atoms with E-state index in [1.54, 1.807) is 41.8 Å². The van der Waals surface area contributed by atoms with Crippen LogP contribution < -0.4 is 0 Å². The molecule has 1 aliphatic heterocycles. The lowest BCUT2D eigenvalue weighted by Gasteiger charge is -2.29. The van der Waals surface area contributed by atoms with Crippen LogP contribution in [0.2, 0.25) is 0 Å². The van der Waals surface area contributed by atoms with E-state index >= 15 is 0 Å². The zero-order valence-electron chi connectivity index (χ0n) is 17.1. The Morgan fingerprint density at radius 2 is 1.97 bits per heavy atom. The molecule has 1 fully saturated rings. The van der Waals surface area contributed by atoms with Gasteiger partial charge >= 0.3 is 5.97 Å². The van der Waals surface area contributed by atoms with Crippen LogP contribution in [0.5, 0.6) is 0 Å². The Bertz CT molecular complexity index is 860. The maximum absolute atomic E-state index is 13.0. The highest BCUT2D eigenvalue weighted by atomic mass is 16.7. The minimum atomic E-state index is -0.741. The van der Waals surface area contributed by atoms with Crippen LogP contribution in [-0.4, -0.2) is 57.3 Å². The minimum absolute atomic E-state index is 0.139. The lowest BCUT2D eigenvalue weighted by atomic mass is 10.00. The number of hydrogen-bond donors (Lipinski definition) is 0. The molecule has 0 N–H and O–H groups in total. The summed E-state index contributed by atoms with van der Waals surface area (Å²) in [5.74, 6) is -1.64. The summed E-state index contributed by atoms with van der Waals surface area (Å²) in [7, 11) is 0. The average Bonchev–Trinajstić information content (AvgIpc) is 2.76. The van der Waals surface area contributed by atoms with E-state index in [0.29, 0.717) is 31.5 Å². The monoisotopic (exact) mass is 410 g/mol. The smallest absolute Gasteiger partial charge is 0.341 e. The summed E-state index contributed by atoms with van der Waals surface area (Å²) < 4.78 is 0. The molecule has 3 rings (SSSR count). The Kier molecular flexibility index (Phi) is 7.48. The van der Waals surface area contributed by atoms with Crippen molar-refractivity contribution in [2.45, 2.75) is 38.5 Å². The van der Waals surface area contributed by atoms with Crippen molar-refractivity contribution >= 4 is 17.8 Å². The normalized spacial score (nSPS) is 14.8. The van der Waals surface area contributed by atoms with Crippen molar-refractivity contribution in [3.8, 4) is 0 Å². The van der Waals surface area contributed by atoms with Gasteiger partial charge in [0.1, 0.15) is 5.92 Å². The van der Waals surface area contributed by atoms with Gasteiger partial charge in [-0.05, 0) is 48.6 Å². The molecular formula is C22H26N4O4. The van der Waals surface area contributed by atoms with Gasteiger partial charge in [-0.3, -0.25) is 19.6 Å². The second kappa shape index (κ2) is 10.5. The highest BCUT2D eigenvalue weighted by Crippen LogP contribution is 2.21. The molecule has 30 heavy (non-hydrogen) atoms. The summed E-state index contributed by atoms with van der Waals surface area (Å²) >= 11 is 0. The highest BCUT2D eigenvalue weighted by Gasteiger charge is 2.30. The van der Waals surface area contributed by atoms with Gasteiger partial charge in [0.25, 0.3) is 5.91 Å². The van der Waals surface area contributed by atoms with Crippen LogP contribution in [0.3, 0.4) is 0 Å². The van der Waals surface area contributed by atoms with E-state index in [-0.39, 0.29) is 18.4 Å². The molecule has 0 saturated carbocycles. The molecule has 3 heterocycles. The van der Waals surface area contributed by atoms with E-state index < -0.39 is 11.9 Å². The molecule has 158 valence electrons. The number of aromatic nitrogens is 2. The van der Waals surface area contributed by atoms with Crippen LogP contribution in [0.15, 0.2) is 49.1 Å². The van der Waals surface area contributed by atoms with Crippen LogP contribution in [0, 0.1) is 0 Å². The summed E-state index contributed by atoms with van der Waals surface area (Å²) in [6, 6.07) is 7.30. The quantitative estimate of drug-likeness (QED) is 0.662. The predicted octanol–water partition coefficient (Wildman–Crippen LogP) is 2.12. The molecule has 2 aromatic heterocycles. The van der Waals surface area contributed by atoms with Crippen molar-refractivity contribution in [1.29, 1.82) is 0 Å². The topological polar surface area (TPSA) is 92.7 Å². The molecule has 2 aromatic rings. The number of carbonyl (C=O) groups excluding carboxylic acids is 3. The lowest BCUT2D eigenvalue weighted by Crippen LogP contribution is -2.42. The van der Waals surface area contributed by atoms with Crippen molar-refractivity contribution in [2.75, 3.05) is 19.6 Å². The molecule has 0 aromatic carbocycles. The second-order valence-electron chi connectivity index (χ2n) is 7.27. The maximum atomic E-state index is 13.0. The fourth-order valence-corrected chi connectivity index (χ4v) is 3.36. The average molecular weight is 410 g/mol. The van der Waals surface area contributed by atoms with Crippen LogP contribution in [0.4, 0.5) is 0 Å².